The second-order valence-electron chi connectivity index (χ2n) is 8.01. The van der Waals surface area contributed by atoms with E-state index in [2.05, 4.69) is 10.5 Å². The van der Waals surface area contributed by atoms with Crippen molar-refractivity contribution in [3.8, 4) is 5.75 Å². The number of benzene rings is 1. The zero-order chi connectivity index (χ0) is 20.3. The van der Waals surface area contributed by atoms with Gasteiger partial charge in [-0.25, -0.2) is 10.2 Å². The summed E-state index contributed by atoms with van der Waals surface area (Å²) in [6, 6.07) is 7.18. The van der Waals surface area contributed by atoms with E-state index in [1.165, 1.54) is 4.90 Å². The molecule has 0 aromatic heterocycles. The van der Waals surface area contributed by atoms with E-state index in [9.17, 15) is 9.59 Å². The average Bonchev–Trinajstić information content (AvgIpc) is 3.10. The van der Waals surface area contributed by atoms with Gasteiger partial charge in [0.25, 0.3) is 5.91 Å². The lowest BCUT2D eigenvalue weighted by molar-refractivity contribution is -0.125. The Bertz CT molecular complexity index is 810. The summed E-state index contributed by atoms with van der Waals surface area (Å²) in [5.41, 5.74) is 3.78. The molecule has 7 nitrogen and oxygen atoms in total. The highest BCUT2D eigenvalue weighted by atomic mass is 16.6. The third-order valence-electron chi connectivity index (χ3n) is 4.59. The van der Waals surface area contributed by atoms with Crippen LogP contribution < -0.4 is 10.2 Å². The Hall–Kier alpha value is -2.83. The first-order valence-corrected chi connectivity index (χ1v) is 9.54. The molecule has 1 saturated heterocycles. The van der Waals surface area contributed by atoms with Gasteiger partial charge in [-0.2, -0.15) is 5.10 Å². The van der Waals surface area contributed by atoms with Gasteiger partial charge < -0.3 is 9.47 Å². The number of hydrogen-bond donors (Lipinski definition) is 1. The number of fused-ring (bicyclic) bond motifs is 1. The largest absolute Gasteiger partial charge is 0.485 e. The summed E-state index contributed by atoms with van der Waals surface area (Å²) in [7, 11) is 0. The topological polar surface area (TPSA) is 80.2 Å². The van der Waals surface area contributed by atoms with Gasteiger partial charge in [-0.05, 0) is 52.7 Å². The lowest BCUT2D eigenvalue weighted by atomic mass is 10.0. The van der Waals surface area contributed by atoms with E-state index in [1.807, 2.05) is 37.3 Å². The van der Waals surface area contributed by atoms with E-state index in [4.69, 9.17) is 9.47 Å². The normalized spacial score (nSPS) is 21.7. The van der Waals surface area contributed by atoms with Gasteiger partial charge in [-0.1, -0.05) is 18.2 Å². The van der Waals surface area contributed by atoms with Crippen LogP contribution in [-0.2, 0) is 9.53 Å². The maximum atomic E-state index is 12.5. The molecule has 0 aliphatic carbocycles. The highest BCUT2D eigenvalue weighted by molar-refractivity contribution is 5.91. The summed E-state index contributed by atoms with van der Waals surface area (Å²) in [5.74, 6) is 0.514. The van der Waals surface area contributed by atoms with Gasteiger partial charge in [0.1, 0.15) is 23.5 Å². The maximum absolute atomic E-state index is 12.5. The lowest BCUT2D eigenvalue weighted by Gasteiger charge is -2.27. The molecule has 0 bridgehead atoms. The number of nitrogens with zero attached hydrogens (tertiary/aromatic N) is 2. The Balaban J connectivity index is 1.62. The molecule has 0 spiro atoms. The van der Waals surface area contributed by atoms with Crippen molar-refractivity contribution in [2.24, 2.45) is 5.10 Å². The van der Waals surface area contributed by atoms with Crippen LogP contribution in [-0.4, -0.2) is 47.4 Å². The minimum atomic E-state index is -0.598. The van der Waals surface area contributed by atoms with Crippen molar-refractivity contribution in [1.82, 2.24) is 10.3 Å². The first-order valence-electron chi connectivity index (χ1n) is 9.54. The fraction of sp³-hybridized carbons (Fsp3) is 0.476. The van der Waals surface area contributed by atoms with Gasteiger partial charge in [0, 0.05) is 17.7 Å². The molecule has 28 heavy (non-hydrogen) atoms. The number of rotatable bonds is 3. The summed E-state index contributed by atoms with van der Waals surface area (Å²) in [6.07, 6.45) is 4.29. The highest BCUT2D eigenvalue weighted by Gasteiger charge is 2.36. The molecule has 3 rings (SSSR count). The Morgan fingerprint density at radius 3 is 2.82 bits per heavy atom. The monoisotopic (exact) mass is 385 g/mol. The van der Waals surface area contributed by atoms with Crippen molar-refractivity contribution in [3.05, 3.63) is 35.4 Å². The number of ether oxygens (including phenoxy) is 2. The summed E-state index contributed by atoms with van der Waals surface area (Å²) in [6.45, 7) is 7.85. The molecule has 1 aromatic rings. The number of hydrazone groups is 1. The first-order chi connectivity index (χ1) is 13.2. The molecular formula is C21H27N3O4. The molecule has 7 heteroatoms. The SMILES string of the molecule is CC1Oc2ccccc2C=C1/C=N/NC(=O)C1CCCN1C(=O)OC(C)(C)C. The zero-order valence-corrected chi connectivity index (χ0v) is 16.8. The molecule has 0 saturated carbocycles. The predicted octanol–water partition coefficient (Wildman–Crippen LogP) is 3.35. The quantitative estimate of drug-likeness (QED) is 0.639. The van der Waals surface area contributed by atoms with E-state index in [-0.39, 0.29) is 12.0 Å². The second-order valence-corrected chi connectivity index (χ2v) is 8.01. The number of nitrogens with one attached hydrogen (secondary N) is 1. The van der Waals surface area contributed by atoms with Crippen LogP contribution in [0.3, 0.4) is 0 Å². The molecule has 150 valence electrons. The van der Waals surface area contributed by atoms with Crippen LogP contribution in [0.25, 0.3) is 6.08 Å². The molecule has 2 atom stereocenters. The van der Waals surface area contributed by atoms with Crippen LogP contribution >= 0.6 is 0 Å². The van der Waals surface area contributed by atoms with Crippen molar-refractivity contribution >= 4 is 24.3 Å². The van der Waals surface area contributed by atoms with Gasteiger partial charge in [0.2, 0.25) is 0 Å². The van der Waals surface area contributed by atoms with Crippen LogP contribution in [0, 0.1) is 0 Å². The van der Waals surface area contributed by atoms with E-state index in [0.29, 0.717) is 13.0 Å². The fourth-order valence-corrected chi connectivity index (χ4v) is 3.23. The number of amides is 2. The van der Waals surface area contributed by atoms with Gasteiger partial charge >= 0.3 is 6.09 Å². The standard InChI is InChI=1S/C21H27N3O4/c1-14-16(12-15-8-5-6-10-18(15)27-14)13-22-23-19(25)17-9-7-11-24(17)20(26)28-21(2,3)4/h5-6,8,10,12-14,17H,7,9,11H2,1-4H3,(H,23,25)/b22-13+. The van der Waals surface area contributed by atoms with Gasteiger partial charge in [0.15, 0.2) is 0 Å². The van der Waals surface area contributed by atoms with E-state index < -0.39 is 17.7 Å². The van der Waals surface area contributed by atoms with Crippen molar-refractivity contribution < 1.29 is 19.1 Å². The molecule has 2 heterocycles. The smallest absolute Gasteiger partial charge is 0.410 e. The predicted molar refractivity (Wildman–Crippen MR) is 107 cm³/mol. The zero-order valence-electron chi connectivity index (χ0n) is 16.8. The molecule has 2 amide bonds. The fourth-order valence-electron chi connectivity index (χ4n) is 3.23. The van der Waals surface area contributed by atoms with E-state index in [1.54, 1.807) is 27.0 Å². The number of para-hydroxylation sites is 1. The van der Waals surface area contributed by atoms with Crippen molar-refractivity contribution in [2.75, 3.05) is 6.54 Å². The number of carbonyl (C=O) groups is 2. The van der Waals surface area contributed by atoms with Crippen LogP contribution in [0.5, 0.6) is 5.75 Å². The maximum Gasteiger partial charge on any atom is 0.410 e. The van der Waals surface area contributed by atoms with E-state index in [0.717, 1.165) is 23.3 Å². The summed E-state index contributed by atoms with van der Waals surface area (Å²) in [4.78, 5) is 26.3. The van der Waals surface area contributed by atoms with Crippen molar-refractivity contribution in [2.45, 2.75) is 58.3 Å². The summed E-state index contributed by atoms with van der Waals surface area (Å²) >= 11 is 0. The first kappa shape index (κ1) is 19.9. The van der Waals surface area contributed by atoms with Crippen LogP contribution in [0.1, 0.15) is 46.1 Å². The second kappa shape index (κ2) is 8.04. The third kappa shape index (κ3) is 4.71. The van der Waals surface area contributed by atoms with Crippen LogP contribution in [0.2, 0.25) is 0 Å². The van der Waals surface area contributed by atoms with Crippen LogP contribution in [0.15, 0.2) is 34.9 Å². The number of likely N-dealkylation sites (tertiary alicyclic amines) is 1. The molecule has 1 N–H and O–H groups in total. The minimum Gasteiger partial charge on any atom is -0.485 e. The Morgan fingerprint density at radius 1 is 1.32 bits per heavy atom. The molecule has 1 aromatic carbocycles. The Labute approximate surface area is 165 Å². The number of carbonyl (C=O) groups excluding carboxylic acids is 2. The van der Waals surface area contributed by atoms with Crippen molar-refractivity contribution in [3.63, 3.8) is 0 Å². The Morgan fingerprint density at radius 2 is 2.07 bits per heavy atom. The molecule has 2 aliphatic heterocycles. The third-order valence-corrected chi connectivity index (χ3v) is 4.59. The van der Waals surface area contributed by atoms with E-state index >= 15 is 0 Å². The molecule has 1 fully saturated rings. The molecule has 0 radical (unpaired) electrons. The molecular weight excluding hydrogens is 358 g/mol. The van der Waals surface area contributed by atoms with Gasteiger partial charge in [0.05, 0.1) is 6.21 Å². The lowest BCUT2D eigenvalue weighted by Crippen LogP contribution is -2.46. The van der Waals surface area contributed by atoms with Gasteiger partial charge in [-0.15, -0.1) is 0 Å². The minimum absolute atomic E-state index is 0.166. The molecule has 2 unspecified atom stereocenters. The molecule has 2 aliphatic rings. The summed E-state index contributed by atoms with van der Waals surface area (Å²) in [5, 5.41) is 4.08. The van der Waals surface area contributed by atoms with Crippen molar-refractivity contribution in [1.29, 1.82) is 0 Å². The Kier molecular flexibility index (Phi) is 5.72. The average molecular weight is 385 g/mol. The van der Waals surface area contributed by atoms with Gasteiger partial charge in [-0.3, -0.25) is 9.69 Å². The number of hydrogen-bond acceptors (Lipinski definition) is 5. The van der Waals surface area contributed by atoms with Crippen LogP contribution in [0.4, 0.5) is 4.79 Å². The summed E-state index contributed by atoms with van der Waals surface area (Å²) < 4.78 is 11.2. The highest BCUT2D eigenvalue weighted by Crippen LogP contribution is 2.28.